The lowest BCUT2D eigenvalue weighted by molar-refractivity contribution is 0.102. The zero-order valence-corrected chi connectivity index (χ0v) is 13.0. The van der Waals surface area contributed by atoms with Crippen LogP contribution in [-0.2, 0) is 4.74 Å². The first-order valence-corrected chi connectivity index (χ1v) is 7.88. The second-order valence-electron chi connectivity index (χ2n) is 4.31. The average molecular weight is 320 g/mol. The number of amides is 1. The number of carbonyl (C=O) groups is 1. The van der Waals surface area contributed by atoms with Crippen molar-refractivity contribution >= 4 is 43.9 Å². The fourth-order valence-corrected chi connectivity index (χ4v) is 3.20. The number of hydrogen-bond donors (Lipinski definition) is 1. The zero-order chi connectivity index (χ0) is 14.8. The smallest absolute Gasteiger partial charge is 0.257 e. The van der Waals surface area contributed by atoms with Gasteiger partial charge in [-0.3, -0.25) is 10.1 Å². The van der Waals surface area contributed by atoms with E-state index >= 15 is 0 Å². The first-order valence-electron chi connectivity index (χ1n) is 6.18. The van der Waals surface area contributed by atoms with Gasteiger partial charge in [-0.15, -0.1) is 21.5 Å². The Hall–Kier alpha value is -1.90. The average Bonchev–Trinajstić information content (AvgIpc) is 3.14. The zero-order valence-electron chi connectivity index (χ0n) is 11.4. The standard InChI is InChI=1S/C13H12N4O2S2/c1-7(19-2)12-16-17-13(21-12)15-11(18)8-3-4-9-10(5-8)20-6-14-9/h3-7H,1-2H3,(H,15,17,18). The van der Waals surface area contributed by atoms with Crippen molar-refractivity contribution in [3.05, 3.63) is 34.3 Å². The number of ether oxygens (including phenoxy) is 1. The lowest BCUT2D eigenvalue weighted by atomic mass is 10.2. The van der Waals surface area contributed by atoms with E-state index in [2.05, 4.69) is 20.5 Å². The summed E-state index contributed by atoms with van der Waals surface area (Å²) in [7, 11) is 1.61. The van der Waals surface area contributed by atoms with Crippen LogP contribution in [-0.4, -0.2) is 28.2 Å². The Morgan fingerprint density at radius 1 is 1.38 bits per heavy atom. The molecule has 1 amide bonds. The number of nitrogens with one attached hydrogen (secondary N) is 1. The number of methoxy groups -OCH3 is 1. The van der Waals surface area contributed by atoms with Crippen LogP contribution in [0.1, 0.15) is 28.4 Å². The molecule has 0 aliphatic rings. The van der Waals surface area contributed by atoms with Crippen LogP contribution in [0, 0.1) is 0 Å². The number of rotatable bonds is 4. The first-order chi connectivity index (χ1) is 10.2. The Morgan fingerprint density at radius 2 is 2.24 bits per heavy atom. The predicted molar refractivity (Wildman–Crippen MR) is 82.9 cm³/mol. The lowest BCUT2D eigenvalue weighted by Crippen LogP contribution is -2.11. The number of hydrogen-bond acceptors (Lipinski definition) is 7. The summed E-state index contributed by atoms with van der Waals surface area (Å²) >= 11 is 2.81. The molecule has 3 aromatic rings. The minimum atomic E-state index is -0.210. The summed E-state index contributed by atoms with van der Waals surface area (Å²) in [6, 6.07) is 5.40. The van der Waals surface area contributed by atoms with Crippen molar-refractivity contribution < 1.29 is 9.53 Å². The summed E-state index contributed by atoms with van der Waals surface area (Å²) in [6.07, 6.45) is -0.137. The lowest BCUT2D eigenvalue weighted by Gasteiger charge is -2.02. The molecule has 0 saturated heterocycles. The predicted octanol–water partition coefficient (Wildman–Crippen LogP) is 3.11. The molecule has 0 bridgehead atoms. The SMILES string of the molecule is COC(C)c1nnc(NC(=O)c2ccc3ncsc3c2)s1. The Bertz CT molecular complexity index is 783. The molecular formula is C13H12N4O2S2. The van der Waals surface area contributed by atoms with Crippen LogP contribution in [0.25, 0.3) is 10.2 Å². The molecule has 3 rings (SSSR count). The normalized spacial score (nSPS) is 12.5. The van der Waals surface area contributed by atoms with E-state index in [4.69, 9.17) is 4.74 Å². The molecule has 0 aliphatic carbocycles. The highest BCUT2D eigenvalue weighted by Gasteiger charge is 2.14. The molecule has 2 heterocycles. The van der Waals surface area contributed by atoms with Gasteiger partial charge in [-0.25, -0.2) is 4.98 Å². The van der Waals surface area contributed by atoms with E-state index in [1.165, 1.54) is 22.7 Å². The van der Waals surface area contributed by atoms with Crippen molar-refractivity contribution in [2.45, 2.75) is 13.0 Å². The van der Waals surface area contributed by atoms with E-state index in [-0.39, 0.29) is 12.0 Å². The quantitative estimate of drug-likeness (QED) is 0.799. The van der Waals surface area contributed by atoms with E-state index in [1.807, 2.05) is 19.1 Å². The van der Waals surface area contributed by atoms with E-state index in [0.717, 1.165) is 15.2 Å². The highest BCUT2D eigenvalue weighted by atomic mass is 32.1. The summed E-state index contributed by atoms with van der Waals surface area (Å²) in [4.78, 5) is 16.4. The molecule has 2 aromatic heterocycles. The number of fused-ring (bicyclic) bond motifs is 1. The maximum atomic E-state index is 12.2. The van der Waals surface area contributed by atoms with Crippen LogP contribution in [0.4, 0.5) is 5.13 Å². The van der Waals surface area contributed by atoms with Gasteiger partial charge in [-0.1, -0.05) is 11.3 Å². The molecule has 6 nitrogen and oxygen atoms in total. The third-order valence-corrected chi connectivity index (χ3v) is 4.75. The van der Waals surface area contributed by atoms with Crippen LogP contribution in [0.2, 0.25) is 0 Å². The molecule has 1 N–H and O–H groups in total. The Kier molecular flexibility index (Phi) is 3.91. The van der Waals surface area contributed by atoms with E-state index < -0.39 is 0 Å². The molecule has 0 saturated carbocycles. The van der Waals surface area contributed by atoms with Crippen LogP contribution in [0.3, 0.4) is 0 Å². The first kappa shape index (κ1) is 14.1. The monoisotopic (exact) mass is 320 g/mol. The van der Waals surface area contributed by atoms with Gasteiger partial charge in [-0.05, 0) is 25.1 Å². The molecule has 1 aromatic carbocycles. The van der Waals surface area contributed by atoms with E-state index in [1.54, 1.807) is 18.7 Å². The second-order valence-corrected chi connectivity index (χ2v) is 6.21. The molecule has 1 unspecified atom stereocenters. The summed E-state index contributed by atoms with van der Waals surface area (Å²) in [5.41, 5.74) is 3.22. The third-order valence-electron chi connectivity index (χ3n) is 2.96. The van der Waals surface area contributed by atoms with Gasteiger partial charge in [0.1, 0.15) is 11.1 Å². The second kappa shape index (κ2) is 5.84. The van der Waals surface area contributed by atoms with E-state index in [0.29, 0.717) is 10.7 Å². The minimum Gasteiger partial charge on any atom is -0.374 e. The number of thiazole rings is 1. The van der Waals surface area contributed by atoms with Crippen molar-refractivity contribution in [3.8, 4) is 0 Å². The molecule has 0 spiro atoms. The van der Waals surface area contributed by atoms with Gasteiger partial charge in [0.2, 0.25) is 5.13 Å². The summed E-state index contributed by atoms with van der Waals surface area (Å²) in [6.45, 7) is 1.88. The van der Waals surface area contributed by atoms with Crippen molar-refractivity contribution in [1.29, 1.82) is 0 Å². The number of nitrogens with zero attached hydrogens (tertiary/aromatic N) is 3. The number of anilines is 1. The summed E-state index contributed by atoms with van der Waals surface area (Å²) < 4.78 is 6.15. The molecule has 21 heavy (non-hydrogen) atoms. The molecule has 8 heteroatoms. The van der Waals surface area contributed by atoms with Crippen molar-refractivity contribution in [1.82, 2.24) is 15.2 Å². The molecule has 1 atom stereocenters. The summed E-state index contributed by atoms with van der Waals surface area (Å²) in [5, 5.41) is 11.9. The van der Waals surface area contributed by atoms with Gasteiger partial charge in [0.25, 0.3) is 5.91 Å². The van der Waals surface area contributed by atoms with Crippen molar-refractivity contribution in [2.75, 3.05) is 12.4 Å². The van der Waals surface area contributed by atoms with Gasteiger partial charge in [0.05, 0.1) is 15.7 Å². The number of aromatic nitrogens is 3. The van der Waals surface area contributed by atoms with Crippen molar-refractivity contribution in [3.63, 3.8) is 0 Å². The van der Waals surface area contributed by atoms with Crippen LogP contribution >= 0.6 is 22.7 Å². The van der Waals surface area contributed by atoms with E-state index in [9.17, 15) is 4.79 Å². The largest absolute Gasteiger partial charge is 0.374 e. The number of carbonyl (C=O) groups excluding carboxylic acids is 1. The summed E-state index contributed by atoms with van der Waals surface area (Å²) in [5.74, 6) is -0.210. The molecule has 0 radical (unpaired) electrons. The van der Waals surface area contributed by atoms with Crippen molar-refractivity contribution in [2.24, 2.45) is 0 Å². The maximum absolute atomic E-state index is 12.2. The highest BCUT2D eigenvalue weighted by Crippen LogP contribution is 2.24. The highest BCUT2D eigenvalue weighted by molar-refractivity contribution is 7.16. The fraction of sp³-hybridized carbons (Fsp3) is 0.231. The molecule has 0 fully saturated rings. The van der Waals surface area contributed by atoms with Gasteiger partial charge >= 0.3 is 0 Å². The van der Waals surface area contributed by atoms with Gasteiger partial charge in [0.15, 0.2) is 0 Å². The molecule has 0 aliphatic heterocycles. The molecule has 108 valence electrons. The topological polar surface area (TPSA) is 77.0 Å². The molecular weight excluding hydrogens is 308 g/mol. The minimum absolute atomic E-state index is 0.137. The Balaban J connectivity index is 1.77. The maximum Gasteiger partial charge on any atom is 0.257 e. The Labute approximate surface area is 128 Å². The van der Waals surface area contributed by atoms with Gasteiger partial charge in [0, 0.05) is 12.7 Å². The van der Waals surface area contributed by atoms with Crippen LogP contribution in [0.5, 0.6) is 0 Å². The fourth-order valence-electron chi connectivity index (χ4n) is 1.72. The van der Waals surface area contributed by atoms with Crippen LogP contribution < -0.4 is 5.32 Å². The van der Waals surface area contributed by atoms with Gasteiger partial charge in [-0.2, -0.15) is 0 Å². The van der Waals surface area contributed by atoms with Crippen LogP contribution in [0.15, 0.2) is 23.7 Å². The third kappa shape index (κ3) is 2.92. The Morgan fingerprint density at radius 3 is 3.05 bits per heavy atom. The van der Waals surface area contributed by atoms with Gasteiger partial charge < -0.3 is 4.74 Å². The number of benzene rings is 1.